The molecule has 1 aromatic rings. The van der Waals surface area contributed by atoms with E-state index in [9.17, 15) is 19.2 Å². The van der Waals surface area contributed by atoms with Gasteiger partial charge in [0.05, 0.1) is 5.69 Å². The van der Waals surface area contributed by atoms with Gasteiger partial charge in [-0.1, -0.05) is 25.0 Å². The molecular formula is C28H32N2O4. The Balaban J connectivity index is 1.04. The van der Waals surface area contributed by atoms with Crippen LogP contribution in [0.4, 0.5) is 5.69 Å². The summed E-state index contributed by atoms with van der Waals surface area (Å²) in [5.41, 5.74) is 1.88. The summed E-state index contributed by atoms with van der Waals surface area (Å²) in [5, 5.41) is 0. The zero-order valence-electron chi connectivity index (χ0n) is 19.5. The summed E-state index contributed by atoms with van der Waals surface area (Å²) in [6.45, 7) is 0. The van der Waals surface area contributed by atoms with E-state index in [0.717, 1.165) is 49.9 Å². The smallest absolute Gasteiger partial charge is 0.258 e. The average Bonchev–Trinajstić information content (AvgIpc) is 3.38. The van der Waals surface area contributed by atoms with Crippen LogP contribution in [-0.2, 0) is 25.6 Å². The van der Waals surface area contributed by atoms with Crippen molar-refractivity contribution in [3.63, 3.8) is 0 Å². The van der Waals surface area contributed by atoms with Crippen molar-refractivity contribution in [1.82, 2.24) is 4.90 Å². The molecule has 1 aromatic carbocycles. The van der Waals surface area contributed by atoms with Gasteiger partial charge in [-0.05, 0) is 86.8 Å². The lowest BCUT2D eigenvalue weighted by molar-refractivity contribution is -0.140. The Morgan fingerprint density at radius 2 is 1.12 bits per heavy atom. The summed E-state index contributed by atoms with van der Waals surface area (Å²) < 4.78 is 0. The van der Waals surface area contributed by atoms with Crippen molar-refractivity contribution in [1.29, 1.82) is 0 Å². The van der Waals surface area contributed by atoms with Crippen molar-refractivity contribution >= 4 is 29.3 Å². The van der Waals surface area contributed by atoms with Crippen LogP contribution in [0.5, 0.6) is 0 Å². The highest BCUT2D eigenvalue weighted by Crippen LogP contribution is 2.42. The molecule has 0 N–H and O–H groups in total. The first-order chi connectivity index (χ1) is 16.5. The quantitative estimate of drug-likeness (QED) is 0.592. The molecule has 0 aromatic heterocycles. The molecule has 178 valence electrons. The van der Waals surface area contributed by atoms with Gasteiger partial charge in [0, 0.05) is 30.3 Å². The van der Waals surface area contributed by atoms with Crippen LogP contribution in [0, 0.1) is 17.8 Å². The van der Waals surface area contributed by atoms with Gasteiger partial charge in [0.15, 0.2) is 0 Å². The largest absolute Gasteiger partial charge is 0.272 e. The number of hydrogen-bond acceptors (Lipinski definition) is 4. The van der Waals surface area contributed by atoms with E-state index in [2.05, 4.69) is 0 Å². The highest BCUT2D eigenvalue weighted by Gasteiger charge is 2.36. The monoisotopic (exact) mass is 460 g/mol. The Morgan fingerprint density at radius 1 is 0.618 bits per heavy atom. The number of hydrogen-bond donors (Lipinski definition) is 0. The van der Waals surface area contributed by atoms with Crippen LogP contribution in [0.2, 0.25) is 0 Å². The molecule has 2 saturated carbocycles. The molecule has 0 radical (unpaired) electrons. The Bertz CT molecular complexity index is 989. The Hall–Kier alpha value is -3.02. The van der Waals surface area contributed by atoms with E-state index < -0.39 is 0 Å². The summed E-state index contributed by atoms with van der Waals surface area (Å²) in [4.78, 5) is 50.3. The maximum atomic E-state index is 12.0. The predicted octanol–water partition coefficient (Wildman–Crippen LogP) is 4.34. The van der Waals surface area contributed by atoms with E-state index in [-0.39, 0.29) is 29.7 Å². The van der Waals surface area contributed by atoms with Crippen LogP contribution < -0.4 is 4.90 Å². The zero-order chi connectivity index (χ0) is 23.7. The first-order valence-electron chi connectivity index (χ1n) is 12.7. The Labute approximate surface area is 200 Å². The molecule has 0 saturated heterocycles. The van der Waals surface area contributed by atoms with Crippen LogP contribution >= 0.6 is 0 Å². The molecule has 0 unspecified atom stereocenters. The molecule has 34 heavy (non-hydrogen) atoms. The van der Waals surface area contributed by atoms with Crippen molar-refractivity contribution in [3.05, 3.63) is 54.1 Å². The van der Waals surface area contributed by atoms with Gasteiger partial charge in [-0.15, -0.1) is 0 Å². The molecule has 5 rings (SSSR count). The second-order valence-corrected chi connectivity index (χ2v) is 10.3. The lowest BCUT2D eigenvalue weighted by Crippen LogP contribution is -2.42. The molecule has 2 fully saturated rings. The van der Waals surface area contributed by atoms with Gasteiger partial charge >= 0.3 is 0 Å². The molecule has 2 aliphatic carbocycles. The zero-order valence-corrected chi connectivity index (χ0v) is 19.5. The van der Waals surface area contributed by atoms with Gasteiger partial charge in [0.2, 0.25) is 0 Å². The van der Waals surface area contributed by atoms with Crippen molar-refractivity contribution in [2.45, 2.75) is 70.3 Å². The topological polar surface area (TPSA) is 74.8 Å². The molecular weight excluding hydrogens is 428 g/mol. The molecule has 6 heteroatoms. The summed E-state index contributed by atoms with van der Waals surface area (Å²) in [6, 6.07) is 7.88. The summed E-state index contributed by atoms with van der Waals surface area (Å²) in [7, 11) is 0. The maximum Gasteiger partial charge on any atom is 0.258 e. The summed E-state index contributed by atoms with van der Waals surface area (Å²) in [6.07, 6.45) is 16.9. The SMILES string of the molecule is O=C1C=CC(=O)N1c1ccc(CCC2CCC(C3CCC(N4C(=O)C=CC4=O)CC3)CC2)cc1. The molecule has 0 atom stereocenters. The molecule has 2 heterocycles. The van der Waals surface area contributed by atoms with Crippen molar-refractivity contribution < 1.29 is 19.2 Å². The van der Waals surface area contributed by atoms with E-state index in [0.29, 0.717) is 5.69 Å². The van der Waals surface area contributed by atoms with Gasteiger partial charge in [0.1, 0.15) is 0 Å². The number of aryl methyl sites for hydroxylation is 1. The number of anilines is 1. The van der Waals surface area contributed by atoms with Crippen LogP contribution in [-0.4, -0.2) is 34.6 Å². The minimum absolute atomic E-state index is 0.0898. The minimum atomic E-state index is -0.280. The van der Waals surface area contributed by atoms with Crippen LogP contribution in [0.25, 0.3) is 0 Å². The van der Waals surface area contributed by atoms with Crippen LogP contribution in [0.1, 0.15) is 63.4 Å². The van der Waals surface area contributed by atoms with Crippen molar-refractivity contribution in [2.75, 3.05) is 4.90 Å². The van der Waals surface area contributed by atoms with E-state index in [1.54, 1.807) is 0 Å². The third-order valence-electron chi connectivity index (χ3n) is 8.35. The molecule has 4 aliphatic rings. The number of nitrogens with zero attached hydrogens (tertiary/aromatic N) is 2. The summed E-state index contributed by atoms with van der Waals surface area (Å²) >= 11 is 0. The summed E-state index contributed by atoms with van der Waals surface area (Å²) in [5.74, 6) is 1.43. The molecule has 4 amide bonds. The van der Waals surface area contributed by atoms with Gasteiger partial charge in [-0.2, -0.15) is 0 Å². The second kappa shape index (κ2) is 9.69. The number of rotatable bonds is 6. The van der Waals surface area contributed by atoms with Gasteiger partial charge in [-0.3, -0.25) is 24.1 Å². The lowest BCUT2D eigenvalue weighted by Gasteiger charge is -2.39. The lowest BCUT2D eigenvalue weighted by atomic mass is 9.69. The van der Waals surface area contributed by atoms with E-state index in [1.165, 1.54) is 71.8 Å². The van der Waals surface area contributed by atoms with E-state index in [4.69, 9.17) is 0 Å². The van der Waals surface area contributed by atoms with Crippen LogP contribution in [0.15, 0.2) is 48.6 Å². The highest BCUT2D eigenvalue weighted by atomic mass is 16.2. The fraction of sp³-hybridized carbons (Fsp3) is 0.500. The normalized spacial score (nSPS) is 29.5. The van der Waals surface area contributed by atoms with Crippen molar-refractivity contribution in [3.8, 4) is 0 Å². The maximum absolute atomic E-state index is 12.0. The average molecular weight is 461 g/mol. The molecule has 0 bridgehead atoms. The number of carbonyl (C=O) groups excluding carboxylic acids is 4. The highest BCUT2D eigenvalue weighted by molar-refractivity contribution is 6.28. The Kier molecular flexibility index (Phi) is 6.48. The number of benzene rings is 1. The third kappa shape index (κ3) is 4.63. The molecule has 2 aliphatic heterocycles. The van der Waals surface area contributed by atoms with E-state index >= 15 is 0 Å². The van der Waals surface area contributed by atoms with Gasteiger partial charge in [0.25, 0.3) is 23.6 Å². The minimum Gasteiger partial charge on any atom is -0.272 e. The first-order valence-corrected chi connectivity index (χ1v) is 12.7. The second-order valence-electron chi connectivity index (χ2n) is 10.3. The number of amides is 4. The van der Waals surface area contributed by atoms with E-state index in [1.807, 2.05) is 24.3 Å². The molecule has 6 nitrogen and oxygen atoms in total. The fourth-order valence-corrected chi connectivity index (χ4v) is 6.39. The fourth-order valence-electron chi connectivity index (χ4n) is 6.39. The molecule has 0 spiro atoms. The predicted molar refractivity (Wildman–Crippen MR) is 129 cm³/mol. The first kappa shape index (κ1) is 22.8. The van der Waals surface area contributed by atoms with Crippen molar-refractivity contribution in [2.24, 2.45) is 17.8 Å². The Morgan fingerprint density at radius 3 is 1.68 bits per heavy atom. The number of carbonyl (C=O) groups is 4. The van der Waals surface area contributed by atoms with Gasteiger partial charge in [-0.25, -0.2) is 4.90 Å². The van der Waals surface area contributed by atoms with Gasteiger partial charge < -0.3 is 0 Å². The van der Waals surface area contributed by atoms with Crippen LogP contribution in [0.3, 0.4) is 0 Å². The number of imide groups is 2. The standard InChI is InChI=1S/C28H32N2O4/c31-25-15-16-26(32)29(25)23-11-5-20(6-12-23)2-1-19-3-7-21(8-4-19)22-9-13-24(14-10-22)30-27(33)17-18-28(30)34/h5-6,11-12,15-19,21-22,24H,1-4,7-10,13-14H2. The third-order valence-corrected chi connectivity index (χ3v) is 8.35.